The van der Waals surface area contributed by atoms with Crippen LogP contribution >= 0.6 is 0 Å². The van der Waals surface area contributed by atoms with E-state index >= 15 is 0 Å². The van der Waals surface area contributed by atoms with Crippen LogP contribution in [0.4, 0.5) is 0 Å². The summed E-state index contributed by atoms with van der Waals surface area (Å²) in [6.07, 6.45) is 0. The molecule has 0 aliphatic rings. The van der Waals surface area contributed by atoms with Crippen molar-refractivity contribution >= 4 is 54.6 Å². The number of nitrogens with zero attached hydrogens (tertiary/aromatic N) is 3. The molecule has 5 nitrogen and oxygen atoms in total. The van der Waals surface area contributed by atoms with Crippen molar-refractivity contribution in [3.05, 3.63) is 152 Å². The number of aromatic nitrogens is 3. The van der Waals surface area contributed by atoms with Crippen molar-refractivity contribution in [2.24, 2.45) is 0 Å². The van der Waals surface area contributed by atoms with Gasteiger partial charge in [0.15, 0.2) is 17.5 Å². The lowest BCUT2D eigenvalue weighted by Crippen LogP contribution is -2.00. The summed E-state index contributed by atoms with van der Waals surface area (Å²) in [6.45, 7) is 0. The Balaban J connectivity index is 1.26. The fourth-order valence-electron chi connectivity index (χ4n) is 6.90. The third-order valence-electron chi connectivity index (χ3n) is 9.13. The summed E-state index contributed by atoms with van der Waals surface area (Å²) >= 11 is 0. The lowest BCUT2D eigenvalue weighted by Gasteiger charge is -2.11. The molecule has 5 heteroatoms. The monoisotopic (exact) mass is 615 g/mol. The Hall–Kier alpha value is -6.59. The van der Waals surface area contributed by atoms with Gasteiger partial charge >= 0.3 is 0 Å². The Morgan fingerprint density at radius 1 is 0.333 bits per heavy atom. The molecule has 7 aromatic carbocycles. The lowest BCUT2D eigenvalue weighted by molar-refractivity contribution is 0.669. The van der Waals surface area contributed by atoms with Crippen LogP contribution in [0.5, 0.6) is 0 Å². The van der Waals surface area contributed by atoms with Gasteiger partial charge in [-0.1, -0.05) is 121 Å². The van der Waals surface area contributed by atoms with Crippen LogP contribution in [-0.2, 0) is 0 Å². The van der Waals surface area contributed by atoms with Crippen LogP contribution in [0.1, 0.15) is 0 Å². The van der Waals surface area contributed by atoms with Gasteiger partial charge in [0.2, 0.25) is 0 Å². The molecule has 0 bridgehead atoms. The molecule has 0 aliphatic heterocycles. The van der Waals surface area contributed by atoms with Gasteiger partial charge in [-0.25, -0.2) is 15.0 Å². The van der Waals surface area contributed by atoms with Crippen LogP contribution in [0.2, 0.25) is 0 Å². The van der Waals surface area contributed by atoms with Crippen molar-refractivity contribution in [3.8, 4) is 45.3 Å². The fraction of sp³-hybridized carbons (Fsp3) is 0. The normalized spacial score (nSPS) is 11.8. The van der Waals surface area contributed by atoms with Crippen molar-refractivity contribution in [2.75, 3.05) is 0 Å². The Labute approximate surface area is 274 Å². The quantitative estimate of drug-likeness (QED) is 0.197. The first-order valence-electron chi connectivity index (χ1n) is 15.9. The summed E-state index contributed by atoms with van der Waals surface area (Å²) in [7, 11) is 0. The molecule has 3 aromatic heterocycles. The van der Waals surface area contributed by atoms with E-state index < -0.39 is 0 Å². The molecule has 10 rings (SSSR count). The Bertz CT molecular complexity index is 2840. The molecule has 0 saturated heterocycles. The third-order valence-corrected chi connectivity index (χ3v) is 9.13. The second-order valence-electron chi connectivity index (χ2n) is 12.0. The van der Waals surface area contributed by atoms with Gasteiger partial charge < -0.3 is 8.83 Å². The molecule has 10 aromatic rings. The number of benzene rings is 7. The molecule has 48 heavy (non-hydrogen) atoms. The number of rotatable bonds is 4. The summed E-state index contributed by atoms with van der Waals surface area (Å²) in [5.41, 5.74) is 8.27. The highest BCUT2D eigenvalue weighted by Crippen LogP contribution is 2.43. The van der Waals surface area contributed by atoms with Crippen LogP contribution in [0.3, 0.4) is 0 Å². The minimum absolute atomic E-state index is 0.576. The average Bonchev–Trinajstić information content (AvgIpc) is 3.73. The summed E-state index contributed by atoms with van der Waals surface area (Å²) in [4.78, 5) is 15.3. The first-order valence-corrected chi connectivity index (χ1v) is 15.9. The molecule has 0 spiro atoms. The maximum Gasteiger partial charge on any atom is 0.164 e. The molecule has 224 valence electrons. The van der Waals surface area contributed by atoms with Crippen molar-refractivity contribution in [1.29, 1.82) is 0 Å². The molecule has 0 N–H and O–H groups in total. The molecule has 0 aliphatic carbocycles. The van der Waals surface area contributed by atoms with E-state index in [0.29, 0.717) is 17.5 Å². The molecule has 3 heterocycles. The van der Waals surface area contributed by atoms with E-state index in [1.807, 2.05) is 78.9 Å². The molecule has 0 amide bonds. The van der Waals surface area contributed by atoms with Crippen molar-refractivity contribution < 1.29 is 8.83 Å². The van der Waals surface area contributed by atoms with E-state index in [1.54, 1.807) is 0 Å². The average molecular weight is 616 g/mol. The standard InChI is InChI=1S/C43H25N3O2/c1-3-12-26(13-4-1)29-19-11-21-37-39(29)35-25-34(30-16-7-8-18-33(30)40(35)48-37)43-45-41(27-14-5-2-6-15-27)44-42(46-43)28-22-23-32-31-17-9-10-20-36(31)47-38(32)24-28/h1-25H. The summed E-state index contributed by atoms with van der Waals surface area (Å²) < 4.78 is 12.9. The summed E-state index contributed by atoms with van der Waals surface area (Å²) in [6, 6.07) is 51.6. The second-order valence-corrected chi connectivity index (χ2v) is 12.0. The van der Waals surface area contributed by atoms with E-state index in [0.717, 1.165) is 82.5 Å². The molecular formula is C43H25N3O2. The van der Waals surface area contributed by atoms with E-state index in [1.165, 1.54) is 0 Å². The van der Waals surface area contributed by atoms with E-state index in [-0.39, 0.29) is 0 Å². The summed E-state index contributed by atoms with van der Waals surface area (Å²) in [5, 5.41) is 6.25. The third kappa shape index (κ3) is 4.15. The molecule has 0 fully saturated rings. The zero-order chi connectivity index (χ0) is 31.6. The topological polar surface area (TPSA) is 65.0 Å². The van der Waals surface area contributed by atoms with Gasteiger partial charge in [-0.15, -0.1) is 0 Å². The van der Waals surface area contributed by atoms with Gasteiger partial charge in [-0.3, -0.25) is 0 Å². The Morgan fingerprint density at radius 3 is 1.77 bits per heavy atom. The van der Waals surface area contributed by atoms with Gasteiger partial charge in [-0.2, -0.15) is 0 Å². The smallest absolute Gasteiger partial charge is 0.164 e. The molecule has 0 saturated carbocycles. The summed E-state index contributed by atoms with van der Waals surface area (Å²) in [5.74, 6) is 1.77. The van der Waals surface area contributed by atoms with Gasteiger partial charge in [-0.05, 0) is 46.8 Å². The highest BCUT2D eigenvalue weighted by Gasteiger charge is 2.21. The van der Waals surface area contributed by atoms with Gasteiger partial charge in [0.1, 0.15) is 22.3 Å². The SMILES string of the molecule is c1ccc(-c2nc(-c3ccc4c(c3)oc3ccccc34)nc(-c3cc4c(oc5cccc(-c6ccccc6)c54)c4ccccc34)n2)cc1. The van der Waals surface area contributed by atoms with Crippen LogP contribution in [0.15, 0.2) is 160 Å². The van der Waals surface area contributed by atoms with Crippen LogP contribution in [0.25, 0.3) is 99.9 Å². The van der Waals surface area contributed by atoms with Gasteiger partial charge in [0.05, 0.1) is 0 Å². The van der Waals surface area contributed by atoms with Crippen molar-refractivity contribution in [1.82, 2.24) is 15.0 Å². The second kappa shape index (κ2) is 10.5. The van der Waals surface area contributed by atoms with Crippen LogP contribution in [0, 0.1) is 0 Å². The van der Waals surface area contributed by atoms with Crippen LogP contribution in [-0.4, -0.2) is 15.0 Å². The number of hydrogen-bond donors (Lipinski definition) is 0. The number of furan rings is 2. The molecule has 0 radical (unpaired) electrons. The minimum Gasteiger partial charge on any atom is -0.456 e. The van der Waals surface area contributed by atoms with E-state index in [2.05, 4.69) is 72.8 Å². The number of hydrogen-bond acceptors (Lipinski definition) is 5. The minimum atomic E-state index is 0.576. The molecular weight excluding hydrogens is 590 g/mol. The highest BCUT2D eigenvalue weighted by molar-refractivity contribution is 6.22. The first kappa shape index (κ1) is 26.6. The number of fused-ring (bicyclic) bond motifs is 8. The molecule has 0 unspecified atom stereocenters. The highest BCUT2D eigenvalue weighted by atomic mass is 16.3. The van der Waals surface area contributed by atoms with E-state index in [4.69, 9.17) is 23.8 Å². The largest absolute Gasteiger partial charge is 0.456 e. The Kier molecular flexibility index (Phi) is 5.81. The zero-order valence-electron chi connectivity index (χ0n) is 25.6. The maximum absolute atomic E-state index is 6.61. The fourth-order valence-corrected chi connectivity index (χ4v) is 6.90. The Morgan fingerprint density at radius 2 is 0.958 bits per heavy atom. The van der Waals surface area contributed by atoms with Gasteiger partial charge in [0.25, 0.3) is 0 Å². The predicted octanol–water partition coefficient (Wildman–Crippen LogP) is 11.5. The van der Waals surface area contributed by atoms with Crippen molar-refractivity contribution in [3.63, 3.8) is 0 Å². The lowest BCUT2D eigenvalue weighted by atomic mass is 9.96. The molecule has 0 atom stereocenters. The van der Waals surface area contributed by atoms with Crippen molar-refractivity contribution in [2.45, 2.75) is 0 Å². The maximum atomic E-state index is 6.61. The van der Waals surface area contributed by atoms with Crippen LogP contribution < -0.4 is 0 Å². The predicted molar refractivity (Wildman–Crippen MR) is 194 cm³/mol. The first-order chi connectivity index (χ1) is 23.8. The number of para-hydroxylation sites is 1. The van der Waals surface area contributed by atoms with E-state index in [9.17, 15) is 0 Å². The zero-order valence-corrected chi connectivity index (χ0v) is 25.6. The van der Waals surface area contributed by atoms with Gasteiger partial charge in [0, 0.05) is 43.6 Å².